The first-order valence-electron chi connectivity index (χ1n) is 5.13. The molecule has 0 bridgehead atoms. The number of aliphatic hydroxyl groups excluding tert-OH is 1. The van der Waals surface area contributed by atoms with Gasteiger partial charge in [-0.2, -0.15) is 0 Å². The summed E-state index contributed by atoms with van der Waals surface area (Å²) < 4.78 is 0. The molecule has 1 N–H and O–H groups in total. The van der Waals surface area contributed by atoms with Crippen LogP contribution >= 0.6 is 0 Å². The van der Waals surface area contributed by atoms with Gasteiger partial charge >= 0.3 is 0 Å². The second kappa shape index (κ2) is 5.35. The SMILES string of the molecule is CCN(CCO)CC1CCCC1=O. The summed E-state index contributed by atoms with van der Waals surface area (Å²) in [6.07, 6.45) is 2.86. The van der Waals surface area contributed by atoms with E-state index in [1.54, 1.807) is 0 Å². The first-order chi connectivity index (χ1) is 6.27. The summed E-state index contributed by atoms with van der Waals surface area (Å²) in [7, 11) is 0. The molecule has 0 aromatic heterocycles. The van der Waals surface area contributed by atoms with E-state index < -0.39 is 0 Å². The molecule has 1 saturated carbocycles. The minimum absolute atomic E-state index is 0.189. The van der Waals surface area contributed by atoms with Gasteiger partial charge in [-0.1, -0.05) is 6.92 Å². The van der Waals surface area contributed by atoms with Crippen LogP contribution in [0.2, 0.25) is 0 Å². The van der Waals surface area contributed by atoms with Crippen molar-refractivity contribution in [3.63, 3.8) is 0 Å². The van der Waals surface area contributed by atoms with Crippen LogP contribution < -0.4 is 0 Å². The summed E-state index contributed by atoms with van der Waals surface area (Å²) in [5.74, 6) is 0.655. The lowest BCUT2D eigenvalue weighted by molar-refractivity contribution is -0.121. The van der Waals surface area contributed by atoms with Crippen LogP contribution in [0, 0.1) is 5.92 Å². The van der Waals surface area contributed by atoms with E-state index >= 15 is 0 Å². The maximum atomic E-state index is 11.3. The number of aliphatic hydroxyl groups is 1. The Morgan fingerprint density at radius 2 is 2.38 bits per heavy atom. The van der Waals surface area contributed by atoms with Crippen molar-refractivity contribution in [2.24, 2.45) is 5.92 Å². The van der Waals surface area contributed by atoms with E-state index in [1.165, 1.54) is 0 Å². The van der Waals surface area contributed by atoms with E-state index in [4.69, 9.17) is 5.11 Å². The normalized spacial score (nSPS) is 23.0. The summed E-state index contributed by atoms with van der Waals surface area (Å²) in [5.41, 5.74) is 0. The topological polar surface area (TPSA) is 40.5 Å². The van der Waals surface area contributed by atoms with Gasteiger partial charge in [0, 0.05) is 25.4 Å². The summed E-state index contributed by atoms with van der Waals surface area (Å²) in [4.78, 5) is 13.5. The lowest BCUT2D eigenvalue weighted by Gasteiger charge is -2.21. The number of carbonyl (C=O) groups is 1. The quantitative estimate of drug-likeness (QED) is 0.684. The van der Waals surface area contributed by atoms with Crippen molar-refractivity contribution < 1.29 is 9.90 Å². The average Bonchev–Trinajstić information content (AvgIpc) is 2.51. The number of rotatable bonds is 5. The maximum absolute atomic E-state index is 11.3. The van der Waals surface area contributed by atoms with Gasteiger partial charge in [-0.15, -0.1) is 0 Å². The average molecular weight is 185 g/mol. The fourth-order valence-electron chi connectivity index (χ4n) is 1.91. The third kappa shape index (κ3) is 3.08. The van der Waals surface area contributed by atoms with Crippen molar-refractivity contribution >= 4 is 5.78 Å². The van der Waals surface area contributed by atoms with Crippen molar-refractivity contribution in [3.8, 4) is 0 Å². The molecule has 0 aliphatic heterocycles. The molecule has 3 nitrogen and oxygen atoms in total. The van der Waals surface area contributed by atoms with Gasteiger partial charge < -0.3 is 10.0 Å². The molecule has 0 spiro atoms. The highest BCUT2D eigenvalue weighted by molar-refractivity contribution is 5.83. The highest BCUT2D eigenvalue weighted by Crippen LogP contribution is 2.21. The van der Waals surface area contributed by atoms with E-state index in [1.807, 2.05) is 0 Å². The Morgan fingerprint density at radius 1 is 1.62 bits per heavy atom. The Hall–Kier alpha value is -0.410. The molecule has 0 aromatic carbocycles. The fraction of sp³-hybridized carbons (Fsp3) is 0.900. The van der Waals surface area contributed by atoms with Gasteiger partial charge in [0.25, 0.3) is 0 Å². The molecule has 0 heterocycles. The molecular formula is C10H19NO2. The Balaban J connectivity index is 2.31. The third-order valence-corrected chi connectivity index (χ3v) is 2.77. The van der Waals surface area contributed by atoms with Crippen LogP contribution in [0.5, 0.6) is 0 Å². The second-order valence-electron chi connectivity index (χ2n) is 3.67. The first kappa shape index (κ1) is 10.7. The summed E-state index contributed by atoms with van der Waals surface area (Å²) >= 11 is 0. The molecule has 0 amide bonds. The number of hydrogen-bond donors (Lipinski definition) is 1. The number of carbonyl (C=O) groups excluding carboxylic acids is 1. The van der Waals surface area contributed by atoms with Crippen molar-refractivity contribution in [3.05, 3.63) is 0 Å². The zero-order chi connectivity index (χ0) is 9.68. The smallest absolute Gasteiger partial charge is 0.137 e. The van der Waals surface area contributed by atoms with Gasteiger partial charge in [-0.05, 0) is 19.4 Å². The van der Waals surface area contributed by atoms with Crippen molar-refractivity contribution in [1.82, 2.24) is 4.90 Å². The fourth-order valence-corrected chi connectivity index (χ4v) is 1.91. The lowest BCUT2D eigenvalue weighted by atomic mass is 10.1. The largest absolute Gasteiger partial charge is 0.395 e. The Labute approximate surface area is 79.7 Å². The Bertz CT molecular complexity index is 170. The number of Topliss-reactive ketones (excluding diaryl/α,β-unsaturated/α-hetero) is 1. The lowest BCUT2D eigenvalue weighted by Crippen LogP contribution is -2.33. The van der Waals surface area contributed by atoms with Crippen LogP contribution in [-0.2, 0) is 4.79 Å². The summed E-state index contributed by atoms with van der Waals surface area (Å²) in [6, 6.07) is 0. The molecule has 1 atom stereocenters. The van der Waals surface area contributed by atoms with E-state index in [0.717, 1.165) is 32.4 Å². The predicted molar refractivity (Wildman–Crippen MR) is 51.5 cm³/mol. The van der Waals surface area contributed by atoms with E-state index in [-0.39, 0.29) is 12.5 Å². The summed E-state index contributed by atoms with van der Waals surface area (Å²) in [5, 5.41) is 8.78. The number of nitrogens with zero attached hydrogens (tertiary/aromatic N) is 1. The number of hydrogen-bond acceptors (Lipinski definition) is 3. The maximum Gasteiger partial charge on any atom is 0.137 e. The highest BCUT2D eigenvalue weighted by Gasteiger charge is 2.25. The Morgan fingerprint density at radius 3 is 2.85 bits per heavy atom. The molecular weight excluding hydrogens is 166 g/mol. The third-order valence-electron chi connectivity index (χ3n) is 2.77. The van der Waals surface area contributed by atoms with E-state index in [9.17, 15) is 4.79 Å². The molecule has 1 aliphatic carbocycles. The molecule has 3 heteroatoms. The van der Waals surface area contributed by atoms with Crippen LogP contribution in [0.1, 0.15) is 26.2 Å². The van der Waals surface area contributed by atoms with Crippen LogP contribution in [-0.4, -0.2) is 42.0 Å². The van der Waals surface area contributed by atoms with E-state index in [2.05, 4.69) is 11.8 Å². The minimum atomic E-state index is 0.189. The molecule has 0 saturated heterocycles. The predicted octanol–water partition coefficient (Wildman–Crippen LogP) is 0.670. The van der Waals surface area contributed by atoms with E-state index in [0.29, 0.717) is 12.3 Å². The molecule has 76 valence electrons. The minimum Gasteiger partial charge on any atom is -0.395 e. The van der Waals surface area contributed by atoms with Crippen LogP contribution in [0.25, 0.3) is 0 Å². The molecule has 1 aliphatic rings. The molecule has 1 unspecified atom stereocenters. The van der Waals surface area contributed by atoms with Gasteiger partial charge in [0.05, 0.1) is 6.61 Å². The van der Waals surface area contributed by atoms with Crippen molar-refractivity contribution in [1.29, 1.82) is 0 Å². The molecule has 0 aromatic rings. The van der Waals surface area contributed by atoms with Gasteiger partial charge in [0.2, 0.25) is 0 Å². The Kier molecular flexibility index (Phi) is 4.39. The van der Waals surface area contributed by atoms with Crippen LogP contribution in [0.4, 0.5) is 0 Å². The van der Waals surface area contributed by atoms with Crippen molar-refractivity contribution in [2.45, 2.75) is 26.2 Å². The molecule has 1 rings (SSSR count). The van der Waals surface area contributed by atoms with Crippen LogP contribution in [0.3, 0.4) is 0 Å². The van der Waals surface area contributed by atoms with Gasteiger partial charge in [-0.25, -0.2) is 0 Å². The zero-order valence-corrected chi connectivity index (χ0v) is 8.33. The second-order valence-corrected chi connectivity index (χ2v) is 3.67. The monoisotopic (exact) mass is 185 g/mol. The van der Waals surface area contributed by atoms with Crippen LogP contribution in [0.15, 0.2) is 0 Å². The first-order valence-corrected chi connectivity index (χ1v) is 5.13. The molecule has 0 radical (unpaired) electrons. The highest BCUT2D eigenvalue weighted by atomic mass is 16.3. The standard InChI is InChI=1S/C10H19NO2/c1-2-11(6-7-12)8-9-4-3-5-10(9)13/h9,12H,2-8H2,1H3. The zero-order valence-electron chi connectivity index (χ0n) is 8.33. The van der Waals surface area contributed by atoms with Crippen molar-refractivity contribution in [2.75, 3.05) is 26.2 Å². The number of ketones is 1. The summed E-state index contributed by atoms with van der Waals surface area (Å²) in [6.45, 7) is 4.71. The molecule has 1 fully saturated rings. The van der Waals surface area contributed by atoms with Gasteiger partial charge in [0.1, 0.15) is 5.78 Å². The molecule has 13 heavy (non-hydrogen) atoms. The van der Waals surface area contributed by atoms with Gasteiger partial charge in [-0.3, -0.25) is 4.79 Å². The van der Waals surface area contributed by atoms with Gasteiger partial charge in [0.15, 0.2) is 0 Å². The number of likely N-dealkylation sites (N-methyl/N-ethyl adjacent to an activating group) is 1.